The van der Waals surface area contributed by atoms with Gasteiger partial charge >= 0.3 is 0 Å². The number of rotatable bonds is 2. The van der Waals surface area contributed by atoms with E-state index in [1.165, 1.54) is 5.56 Å². The van der Waals surface area contributed by atoms with Crippen LogP contribution in [0.15, 0.2) is 48.5 Å². The summed E-state index contributed by atoms with van der Waals surface area (Å²) in [6.45, 7) is 3.98. The van der Waals surface area contributed by atoms with E-state index in [2.05, 4.69) is 62.7 Å². The zero-order valence-corrected chi connectivity index (χ0v) is 14.0. The van der Waals surface area contributed by atoms with Crippen LogP contribution in [0.2, 0.25) is 0 Å². The Bertz CT molecular complexity index is 785. The molecule has 1 heterocycles. The first kappa shape index (κ1) is 14.1. The third kappa shape index (κ3) is 3.10. The van der Waals surface area contributed by atoms with Crippen molar-refractivity contribution >= 4 is 22.6 Å². The van der Waals surface area contributed by atoms with Crippen molar-refractivity contribution in [2.45, 2.75) is 13.8 Å². The van der Waals surface area contributed by atoms with Crippen LogP contribution in [0.25, 0.3) is 22.8 Å². The van der Waals surface area contributed by atoms with Crippen molar-refractivity contribution in [3.05, 3.63) is 63.5 Å². The summed E-state index contributed by atoms with van der Waals surface area (Å²) in [6, 6.07) is 16.3. The Hall–Kier alpha value is -1.82. The van der Waals surface area contributed by atoms with Gasteiger partial charge in [-0.15, -0.1) is 0 Å². The Balaban J connectivity index is 2.14. The largest absolute Gasteiger partial charge is 0.213 e. The van der Waals surface area contributed by atoms with E-state index in [-0.39, 0.29) is 0 Å². The topological polar surface area (TPSA) is 38.7 Å². The van der Waals surface area contributed by atoms with Crippen LogP contribution in [0.1, 0.15) is 11.4 Å². The maximum Gasteiger partial charge on any atom is 0.164 e. The van der Waals surface area contributed by atoms with Gasteiger partial charge in [0, 0.05) is 14.7 Å². The predicted molar refractivity (Wildman–Crippen MR) is 92.9 cm³/mol. The quantitative estimate of drug-likeness (QED) is 0.611. The van der Waals surface area contributed by atoms with Crippen LogP contribution in [-0.4, -0.2) is 15.0 Å². The Kier molecular flexibility index (Phi) is 3.96. The van der Waals surface area contributed by atoms with Crippen molar-refractivity contribution in [1.82, 2.24) is 15.0 Å². The van der Waals surface area contributed by atoms with Gasteiger partial charge in [0.25, 0.3) is 0 Å². The molecule has 21 heavy (non-hydrogen) atoms. The van der Waals surface area contributed by atoms with Gasteiger partial charge in [-0.2, -0.15) is 0 Å². The van der Waals surface area contributed by atoms with E-state index in [9.17, 15) is 0 Å². The van der Waals surface area contributed by atoms with Crippen molar-refractivity contribution in [2.24, 2.45) is 0 Å². The lowest BCUT2D eigenvalue weighted by Gasteiger charge is -2.07. The van der Waals surface area contributed by atoms with Crippen LogP contribution < -0.4 is 0 Å². The number of hydrogen-bond acceptors (Lipinski definition) is 3. The fraction of sp³-hybridized carbons (Fsp3) is 0.118. The summed E-state index contributed by atoms with van der Waals surface area (Å²) in [5.41, 5.74) is 3.28. The molecule has 0 aliphatic heterocycles. The molecule has 0 saturated heterocycles. The van der Waals surface area contributed by atoms with Gasteiger partial charge in [-0.25, -0.2) is 15.0 Å². The van der Waals surface area contributed by atoms with Crippen LogP contribution >= 0.6 is 22.6 Å². The molecule has 0 spiro atoms. The summed E-state index contributed by atoms with van der Waals surface area (Å²) < 4.78 is 1.15. The summed E-state index contributed by atoms with van der Waals surface area (Å²) in [4.78, 5) is 13.6. The number of halogens is 1. The zero-order valence-electron chi connectivity index (χ0n) is 11.8. The molecular formula is C17H14IN3. The molecule has 3 rings (SSSR count). The van der Waals surface area contributed by atoms with Crippen LogP contribution in [0.3, 0.4) is 0 Å². The van der Waals surface area contributed by atoms with E-state index < -0.39 is 0 Å². The molecule has 4 heteroatoms. The second kappa shape index (κ2) is 5.89. The molecule has 0 saturated carbocycles. The Morgan fingerprint density at radius 2 is 1.52 bits per heavy atom. The standard InChI is InChI=1S/C17H14IN3/c1-11-8-9-14(15(18)10-11)17-20-12(2)19-16(21-17)13-6-4-3-5-7-13/h3-10H,1-2H3. The molecule has 0 aliphatic rings. The summed E-state index contributed by atoms with van der Waals surface area (Å²) in [5.74, 6) is 2.18. The summed E-state index contributed by atoms with van der Waals surface area (Å²) in [6.07, 6.45) is 0. The minimum absolute atomic E-state index is 0.717. The van der Waals surface area contributed by atoms with Gasteiger partial charge in [-0.05, 0) is 48.6 Å². The van der Waals surface area contributed by atoms with Gasteiger partial charge in [0.2, 0.25) is 0 Å². The summed E-state index contributed by atoms with van der Waals surface area (Å²) in [7, 11) is 0. The van der Waals surface area contributed by atoms with Gasteiger partial charge in [0.05, 0.1) is 0 Å². The molecule has 3 aromatic rings. The van der Waals surface area contributed by atoms with Gasteiger partial charge in [0.15, 0.2) is 11.6 Å². The highest BCUT2D eigenvalue weighted by molar-refractivity contribution is 14.1. The van der Waals surface area contributed by atoms with Crippen molar-refractivity contribution in [3.8, 4) is 22.8 Å². The van der Waals surface area contributed by atoms with Crippen molar-refractivity contribution < 1.29 is 0 Å². The highest BCUT2D eigenvalue weighted by Gasteiger charge is 2.10. The van der Waals surface area contributed by atoms with Gasteiger partial charge in [-0.3, -0.25) is 0 Å². The van der Waals surface area contributed by atoms with E-state index in [0.29, 0.717) is 0 Å². The highest BCUT2D eigenvalue weighted by atomic mass is 127. The van der Waals surface area contributed by atoms with E-state index in [1.807, 2.05) is 37.3 Å². The second-order valence-corrected chi connectivity index (χ2v) is 6.04. The molecule has 3 nitrogen and oxygen atoms in total. The van der Waals surface area contributed by atoms with Crippen LogP contribution in [0.5, 0.6) is 0 Å². The highest BCUT2D eigenvalue weighted by Crippen LogP contribution is 2.25. The monoisotopic (exact) mass is 387 g/mol. The van der Waals surface area contributed by atoms with Crippen molar-refractivity contribution in [1.29, 1.82) is 0 Å². The number of hydrogen-bond donors (Lipinski definition) is 0. The molecule has 0 bridgehead atoms. The second-order valence-electron chi connectivity index (χ2n) is 4.88. The van der Waals surface area contributed by atoms with Crippen LogP contribution in [0.4, 0.5) is 0 Å². The summed E-state index contributed by atoms with van der Waals surface area (Å²) >= 11 is 2.33. The number of benzene rings is 2. The van der Waals surface area contributed by atoms with Crippen molar-refractivity contribution in [2.75, 3.05) is 0 Å². The molecule has 104 valence electrons. The normalized spacial score (nSPS) is 10.6. The first-order valence-corrected chi connectivity index (χ1v) is 7.76. The summed E-state index contributed by atoms with van der Waals surface area (Å²) in [5, 5.41) is 0. The Labute approximate surface area is 137 Å². The lowest BCUT2D eigenvalue weighted by Crippen LogP contribution is -2.00. The van der Waals surface area contributed by atoms with E-state index in [1.54, 1.807) is 0 Å². The average Bonchev–Trinajstić information content (AvgIpc) is 2.47. The van der Waals surface area contributed by atoms with E-state index in [0.717, 1.165) is 32.2 Å². The number of nitrogens with zero attached hydrogens (tertiary/aromatic N) is 3. The fourth-order valence-electron chi connectivity index (χ4n) is 2.12. The molecule has 0 atom stereocenters. The molecule has 2 aromatic carbocycles. The third-order valence-corrected chi connectivity index (χ3v) is 4.04. The van der Waals surface area contributed by atoms with Gasteiger partial charge in [-0.1, -0.05) is 42.0 Å². The fourth-order valence-corrected chi connectivity index (χ4v) is 3.03. The Morgan fingerprint density at radius 1 is 0.810 bits per heavy atom. The van der Waals surface area contributed by atoms with Gasteiger partial charge < -0.3 is 0 Å². The predicted octanol–water partition coefficient (Wildman–Crippen LogP) is 4.43. The molecule has 1 aromatic heterocycles. The maximum atomic E-state index is 4.64. The lowest BCUT2D eigenvalue weighted by molar-refractivity contribution is 0.991. The van der Waals surface area contributed by atoms with Crippen molar-refractivity contribution in [3.63, 3.8) is 0 Å². The maximum absolute atomic E-state index is 4.64. The lowest BCUT2D eigenvalue weighted by atomic mass is 10.1. The minimum atomic E-state index is 0.717. The first-order valence-electron chi connectivity index (χ1n) is 6.68. The molecule has 0 N–H and O–H groups in total. The molecule has 0 aliphatic carbocycles. The van der Waals surface area contributed by atoms with Crippen LogP contribution in [0, 0.1) is 17.4 Å². The SMILES string of the molecule is Cc1ccc(-c2nc(C)nc(-c3ccccc3)n2)c(I)c1. The number of aryl methyl sites for hydroxylation is 2. The van der Waals surface area contributed by atoms with Gasteiger partial charge in [0.1, 0.15) is 5.82 Å². The van der Waals surface area contributed by atoms with E-state index >= 15 is 0 Å². The first-order chi connectivity index (χ1) is 10.1. The minimum Gasteiger partial charge on any atom is -0.213 e. The molecular weight excluding hydrogens is 373 g/mol. The van der Waals surface area contributed by atoms with E-state index in [4.69, 9.17) is 0 Å². The Morgan fingerprint density at radius 3 is 2.24 bits per heavy atom. The smallest absolute Gasteiger partial charge is 0.164 e. The molecule has 0 unspecified atom stereocenters. The average molecular weight is 387 g/mol. The molecule has 0 radical (unpaired) electrons. The molecule has 0 amide bonds. The number of aromatic nitrogens is 3. The van der Waals surface area contributed by atoms with Crippen LogP contribution in [-0.2, 0) is 0 Å². The zero-order chi connectivity index (χ0) is 14.8. The molecule has 0 fully saturated rings. The third-order valence-electron chi connectivity index (χ3n) is 3.14.